The third-order valence-corrected chi connectivity index (χ3v) is 2.59. The summed E-state index contributed by atoms with van der Waals surface area (Å²) in [5, 5.41) is 10.6. The first-order chi connectivity index (χ1) is 7.58. The van der Waals surface area contributed by atoms with E-state index in [1.54, 1.807) is 36.1 Å². The van der Waals surface area contributed by atoms with Crippen molar-refractivity contribution in [3.63, 3.8) is 0 Å². The van der Waals surface area contributed by atoms with Crippen LogP contribution in [0.3, 0.4) is 0 Å². The van der Waals surface area contributed by atoms with Gasteiger partial charge >= 0.3 is 0 Å². The molecule has 0 aliphatic rings. The predicted molar refractivity (Wildman–Crippen MR) is 61.5 cm³/mol. The summed E-state index contributed by atoms with van der Waals surface area (Å²) >= 11 is 11.5. The summed E-state index contributed by atoms with van der Waals surface area (Å²) in [6.07, 6.45) is 2.50. The third-order valence-electron chi connectivity index (χ3n) is 2.20. The van der Waals surface area contributed by atoms with Crippen LogP contribution in [0.15, 0.2) is 24.5 Å². The van der Waals surface area contributed by atoms with Gasteiger partial charge in [-0.05, 0) is 17.7 Å². The van der Waals surface area contributed by atoms with Crippen molar-refractivity contribution in [1.29, 1.82) is 0 Å². The average molecular weight is 258 g/mol. The van der Waals surface area contributed by atoms with Gasteiger partial charge in [0.25, 0.3) is 0 Å². The lowest BCUT2D eigenvalue weighted by Gasteiger charge is -2.11. The van der Waals surface area contributed by atoms with E-state index in [-0.39, 0.29) is 10.3 Å². The molecule has 0 aromatic carbocycles. The highest BCUT2D eigenvalue weighted by molar-refractivity contribution is 6.32. The van der Waals surface area contributed by atoms with Crippen LogP contribution in [0.25, 0.3) is 0 Å². The Bertz CT molecular complexity index is 492. The minimum atomic E-state index is -0.863. The second-order valence-electron chi connectivity index (χ2n) is 3.34. The minimum absolute atomic E-state index is 0.246. The van der Waals surface area contributed by atoms with E-state index in [0.29, 0.717) is 11.4 Å². The average Bonchev–Trinajstić information content (AvgIpc) is 2.62. The van der Waals surface area contributed by atoms with E-state index >= 15 is 0 Å². The van der Waals surface area contributed by atoms with Gasteiger partial charge in [0.15, 0.2) is 0 Å². The van der Waals surface area contributed by atoms with Gasteiger partial charge in [-0.15, -0.1) is 0 Å². The van der Waals surface area contributed by atoms with Crippen molar-refractivity contribution in [3.8, 4) is 0 Å². The van der Waals surface area contributed by atoms with Crippen LogP contribution in [0, 0.1) is 0 Å². The topological polar surface area (TPSA) is 50.9 Å². The Morgan fingerprint density at radius 2 is 1.94 bits per heavy atom. The van der Waals surface area contributed by atoms with Gasteiger partial charge < -0.3 is 9.67 Å². The maximum absolute atomic E-state index is 10.1. The van der Waals surface area contributed by atoms with Crippen molar-refractivity contribution >= 4 is 23.2 Å². The molecule has 0 aliphatic heterocycles. The second-order valence-corrected chi connectivity index (χ2v) is 4.12. The first kappa shape index (κ1) is 11.4. The van der Waals surface area contributed by atoms with Crippen molar-refractivity contribution in [2.75, 3.05) is 0 Å². The zero-order valence-corrected chi connectivity index (χ0v) is 9.94. The van der Waals surface area contributed by atoms with Crippen LogP contribution in [0.4, 0.5) is 0 Å². The van der Waals surface area contributed by atoms with Gasteiger partial charge in [-0.3, -0.25) is 0 Å². The van der Waals surface area contributed by atoms with Gasteiger partial charge in [0.2, 0.25) is 0 Å². The molecule has 0 amide bonds. The minimum Gasteiger partial charge on any atom is -0.380 e. The summed E-state index contributed by atoms with van der Waals surface area (Å²) in [5.41, 5.74) is 0.569. The van der Waals surface area contributed by atoms with E-state index in [0.717, 1.165) is 0 Å². The molecule has 1 N–H and O–H groups in total. The molecule has 2 aromatic heterocycles. The summed E-state index contributed by atoms with van der Waals surface area (Å²) < 4.78 is 1.73. The number of aryl methyl sites for hydroxylation is 1. The van der Waals surface area contributed by atoms with Gasteiger partial charge in [0.1, 0.15) is 22.2 Å². The lowest BCUT2D eigenvalue weighted by Crippen LogP contribution is -2.07. The zero-order valence-electron chi connectivity index (χ0n) is 8.43. The number of aliphatic hydroxyl groups is 1. The normalized spacial score (nSPS) is 12.8. The maximum Gasteiger partial charge on any atom is 0.142 e. The number of rotatable bonds is 2. The van der Waals surface area contributed by atoms with Crippen LogP contribution in [-0.4, -0.2) is 19.6 Å². The van der Waals surface area contributed by atoms with Crippen LogP contribution in [0.1, 0.15) is 17.5 Å². The molecule has 16 heavy (non-hydrogen) atoms. The van der Waals surface area contributed by atoms with Gasteiger partial charge in [0.05, 0.1) is 0 Å². The molecular formula is C10H9Cl2N3O. The number of halogens is 2. The molecule has 0 fully saturated rings. The highest BCUT2D eigenvalue weighted by atomic mass is 35.5. The van der Waals surface area contributed by atoms with E-state index in [1.807, 2.05) is 0 Å². The lowest BCUT2D eigenvalue weighted by molar-refractivity contribution is 0.206. The van der Waals surface area contributed by atoms with Crippen molar-refractivity contribution < 1.29 is 5.11 Å². The molecule has 0 saturated carbocycles. The van der Waals surface area contributed by atoms with Crippen LogP contribution in [0.2, 0.25) is 10.3 Å². The monoisotopic (exact) mass is 257 g/mol. The van der Waals surface area contributed by atoms with Crippen molar-refractivity contribution in [2.24, 2.45) is 7.05 Å². The molecule has 0 radical (unpaired) electrons. The largest absolute Gasteiger partial charge is 0.380 e. The Morgan fingerprint density at radius 3 is 2.44 bits per heavy atom. The van der Waals surface area contributed by atoms with Crippen LogP contribution in [0.5, 0.6) is 0 Å². The number of nitrogens with zero attached hydrogens (tertiary/aromatic N) is 3. The number of hydrogen-bond acceptors (Lipinski definition) is 3. The van der Waals surface area contributed by atoms with Gasteiger partial charge in [-0.2, -0.15) is 0 Å². The Kier molecular flexibility index (Phi) is 3.14. The number of aromatic nitrogens is 3. The number of imidazole rings is 1. The fraction of sp³-hybridized carbons (Fsp3) is 0.200. The summed E-state index contributed by atoms with van der Waals surface area (Å²) in [6.45, 7) is 0. The van der Waals surface area contributed by atoms with Gasteiger partial charge in [-0.1, -0.05) is 23.2 Å². The zero-order chi connectivity index (χ0) is 11.7. The number of hydrogen-bond donors (Lipinski definition) is 1. The Labute approximate surface area is 102 Å². The fourth-order valence-corrected chi connectivity index (χ4v) is 1.91. The van der Waals surface area contributed by atoms with E-state index in [2.05, 4.69) is 9.97 Å². The van der Waals surface area contributed by atoms with Crippen molar-refractivity contribution in [3.05, 3.63) is 46.2 Å². The van der Waals surface area contributed by atoms with Crippen molar-refractivity contribution in [2.45, 2.75) is 6.10 Å². The van der Waals surface area contributed by atoms with E-state index in [1.165, 1.54) is 0 Å². The summed E-state index contributed by atoms with van der Waals surface area (Å²) in [6, 6.07) is 3.12. The fourth-order valence-electron chi connectivity index (χ4n) is 1.43. The molecule has 6 heteroatoms. The Balaban J connectivity index is 2.41. The molecule has 1 unspecified atom stereocenters. The van der Waals surface area contributed by atoms with E-state index < -0.39 is 6.10 Å². The first-order valence-corrected chi connectivity index (χ1v) is 5.32. The van der Waals surface area contributed by atoms with Crippen molar-refractivity contribution in [1.82, 2.24) is 14.5 Å². The second kappa shape index (κ2) is 4.41. The van der Waals surface area contributed by atoms with Crippen LogP contribution < -0.4 is 0 Å². The summed E-state index contributed by atoms with van der Waals surface area (Å²) in [4.78, 5) is 7.87. The first-order valence-electron chi connectivity index (χ1n) is 4.56. The molecule has 0 saturated heterocycles. The molecule has 4 nitrogen and oxygen atoms in total. The van der Waals surface area contributed by atoms with Crippen LogP contribution >= 0.6 is 23.2 Å². The molecule has 1 atom stereocenters. The standard InChI is InChI=1S/C10H9Cl2N3O/c1-15-3-2-13-10(15)9(16)6-4-7(11)14-8(12)5-6/h2-5,9,16H,1H3. The molecule has 84 valence electrons. The Morgan fingerprint density at radius 1 is 1.31 bits per heavy atom. The van der Waals surface area contributed by atoms with E-state index in [4.69, 9.17) is 23.2 Å². The Hall–Kier alpha value is -1.10. The van der Waals surface area contributed by atoms with Gasteiger partial charge in [-0.25, -0.2) is 9.97 Å². The molecule has 0 spiro atoms. The summed E-state index contributed by atoms with van der Waals surface area (Å²) in [7, 11) is 1.80. The molecule has 2 heterocycles. The molecule has 0 aliphatic carbocycles. The summed E-state index contributed by atoms with van der Waals surface area (Å²) in [5.74, 6) is 0.526. The third kappa shape index (κ3) is 2.19. The number of aliphatic hydroxyl groups excluding tert-OH is 1. The molecule has 2 aromatic rings. The quantitative estimate of drug-likeness (QED) is 0.840. The van der Waals surface area contributed by atoms with Gasteiger partial charge in [0, 0.05) is 19.4 Å². The highest BCUT2D eigenvalue weighted by Crippen LogP contribution is 2.24. The SMILES string of the molecule is Cn1ccnc1C(O)c1cc(Cl)nc(Cl)c1. The van der Waals surface area contributed by atoms with E-state index in [9.17, 15) is 5.11 Å². The highest BCUT2D eigenvalue weighted by Gasteiger charge is 2.16. The molecule has 2 rings (SSSR count). The molecule has 0 bridgehead atoms. The maximum atomic E-state index is 10.1. The number of pyridine rings is 1. The van der Waals surface area contributed by atoms with Crippen LogP contribution in [-0.2, 0) is 7.05 Å². The lowest BCUT2D eigenvalue weighted by atomic mass is 10.1. The smallest absolute Gasteiger partial charge is 0.142 e. The predicted octanol–water partition coefficient (Wildman–Crippen LogP) is 2.20. The molecular weight excluding hydrogens is 249 g/mol.